The van der Waals surface area contributed by atoms with Crippen molar-refractivity contribution in [2.75, 3.05) is 11.9 Å². The molecule has 6 heteroatoms. The molecule has 3 rings (SSSR count). The largest absolute Gasteiger partial charge is 0.481 e. The van der Waals surface area contributed by atoms with E-state index in [1.54, 1.807) is 11.9 Å². The highest BCUT2D eigenvalue weighted by molar-refractivity contribution is 6.01. The Hall–Kier alpha value is -2.63. The average molecular weight is 272 g/mol. The van der Waals surface area contributed by atoms with E-state index in [-0.39, 0.29) is 12.3 Å². The molecular formula is C14H12N2O4. The minimum absolute atomic E-state index is 0.0520. The maximum atomic E-state index is 11.6. The van der Waals surface area contributed by atoms with Crippen molar-refractivity contribution in [3.05, 3.63) is 35.7 Å². The summed E-state index contributed by atoms with van der Waals surface area (Å²) in [6, 6.07) is 5.51. The zero-order valence-electron chi connectivity index (χ0n) is 10.8. The Morgan fingerprint density at radius 2 is 2.30 bits per heavy atom. The van der Waals surface area contributed by atoms with E-state index in [4.69, 9.17) is 9.52 Å². The van der Waals surface area contributed by atoms with Crippen molar-refractivity contribution < 1.29 is 19.1 Å². The van der Waals surface area contributed by atoms with Gasteiger partial charge in [0.1, 0.15) is 6.26 Å². The molecule has 0 bridgehead atoms. The smallest absolute Gasteiger partial charge is 0.309 e. The van der Waals surface area contributed by atoms with Crippen LogP contribution in [0.4, 0.5) is 5.69 Å². The average Bonchev–Trinajstić information content (AvgIpc) is 2.95. The molecule has 1 aliphatic rings. The summed E-state index contributed by atoms with van der Waals surface area (Å²) in [4.78, 5) is 28.0. The molecule has 1 aromatic carbocycles. The van der Waals surface area contributed by atoms with E-state index in [1.165, 1.54) is 6.26 Å². The molecule has 1 aromatic heterocycles. The van der Waals surface area contributed by atoms with Crippen LogP contribution in [0, 0.1) is 0 Å². The number of carbonyl (C=O) groups excluding carboxylic acids is 1. The first-order chi connectivity index (χ1) is 9.54. The van der Waals surface area contributed by atoms with E-state index in [0.717, 1.165) is 16.8 Å². The molecule has 0 aliphatic carbocycles. The van der Waals surface area contributed by atoms with Gasteiger partial charge in [-0.1, -0.05) is 0 Å². The summed E-state index contributed by atoms with van der Waals surface area (Å²) in [6.45, 7) is 0. The second-order valence-corrected chi connectivity index (χ2v) is 4.69. The molecule has 1 amide bonds. The van der Waals surface area contributed by atoms with Crippen LogP contribution >= 0.6 is 0 Å². The van der Waals surface area contributed by atoms with Crippen LogP contribution in [0.5, 0.6) is 0 Å². The number of aromatic nitrogens is 1. The number of oxazole rings is 1. The lowest BCUT2D eigenvalue weighted by Crippen LogP contribution is -2.20. The fraction of sp³-hybridized carbons (Fsp3) is 0.214. The number of likely N-dealkylation sites (N-methyl/N-ethyl adjacent to an activating group) is 1. The Bertz CT molecular complexity index is 705. The van der Waals surface area contributed by atoms with Gasteiger partial charge in [-0.15, -0.1) is 0 Å². The fourth-order valence-electron chi connectivity index (χ4n) is 2.28. The van der Waals surface area contributed by atoms with Crippen molar-refractivity contribution in [3.8, 4) is 11.5 Å². The van der Waals surface area contributed by atoms with Gasteiger partial charge >= 0.3 is 5.97 Å². The number of anilines is 1. The van der Waals surface area contributed by atoms with E-state index >= 15 is 0 Å². The first-order valence-electron chi connectivity index (χ1n) is 6.10. The Kier molecular flexibility index (Phi) is 2.78. The normalized spacial score (nSPS) is 13.7. The van der Waals surface area contributed by atoms with Gasteiger partial charge in [0.2, 0.25) is 11.8 Å². The van der Waals surface area contributed by atoms with Crippen molar-refractivity contribution in [1.29, 1.82) is 0 Å². The molecule has 2 heterocycles. The number of hydrogen-bond donors (Lipinski definition) is 1. The molecule has 1 aliphatic heterocycles. The van der Waals surface area contributed by atoms with Crippen molar-refractivity contribution >= 4 is 17.6 Å². The van der Waals surface area contributed by atoms with Crippen molar-refractivity contribution in [1.82, 2.24) is 4.98 Å². The predicted octanol–water partition coefficient (Wildman–Crippen LogP) is 1.49. The Morgan fingerprint density at radius 1 is 1.50 bits per heavy atom. The standard InChI is InChI=1S/C14H12N2O4/c1-16-11-3-2-8(4-9(11)5-12(16)17)14-15-10(7-20-14)6-13(18)19/h2-4,7H,5-6H2,1H3,(H,18,19). The lowest BCUT2D eigenvalue weighted by Gasteiger charge is -2.09. The summed E-state index contributed by atoms with van der Waals surface area (Å²) in [6.07, 6.45) is 1.53. The number of nitrogens with zero attached hydrogens (tertiary/aromatic N) is 2. The van der Waals surface area contributed by atoms with Crippen LogP contribution in [0.15, 0.2) is 28.9 Å². The highest BCUT2D eigenvalue weighted by Crippen LogP contribution is 2.31. The zero-order valence-corrected chi connectivity index (χ0v) is 10.8. The van der Waals surface area contributed by atoms with E-state index in [9.17, 15) is 9.59 Å². The number of benzene rings is 1. The Balaban J connectivity index is 1.92. The van der Waals surface area contributed by atoms with Crippen LogP contribution in [0.25, 0.3) is 11.5 Å². The zero-order chi connectivity index (χ0) is 14.3. The van der Waals surface area contributed by atoms with Crippen LogP contribution in [0.3, 0.4) is 0 Å². The highest BCUT2D eigenvalue weighted by atomic mass is 16.4. The third-order valence-electron chi connectivity index (χ3n) is 3.29. The first kappa shape index (κ1) is 12.4. The summed E-state index contributed by atoms with van der Waals surface area (Å²) >= 11 is 0. The third-order valence-corrected chi connectivity index (χ3v) is 3.29. The third kappa shape index (κ3) is 2.05. The molecule has 6 nitrogen and oxygen atoms in total. The molecule has 0 atom stereocenters. The second kappa shape index (κ2) is 4.48. The van der Waals surface area contributed by atoms with Gasteiger partial charge in [-0.05, 0) is 23.8 Å². The van der Waals surface area contributed by atoms with Gasteiger partial charge in [0.25, 0.3) is 0 Å². The number of carboxylic acids is 1. The lowest BCUT2D eigenvalue weighted by atomic mass is 10.1. The number of amides is 1. The molecule has 1 N–H and O–H groups in total. The summed E-state index contributed by atoms with van der Waals surface area (Å²) in [5.74, 6) is -0.534. The summed E-state index contributed by atoms with van der Waals surface area (Å²) < 4.78 is 5.29. The second-order valence-electron chi connectivity index (χ2n) is 4.69. The molecule has 20 heavy (non-hydrogen) atoms. The number of fused-ring (bicyclic) bond motifs is 1. The number of aliphatic carboxylic acids is 1. The van der Waals surface area contributed by atoms with Gasteiger partial charge in [0.05, 0.1) is 18.5 Å². The van der Waals surface area contributed by atoms with Crippen molar-refractivity contribution in [2.45, 2.75) is 12.8 Å². The van der Waals surface area contributed by atoms with Crippen LogP contribution < -0.4 is 4.90 Å². The molecule has 0 saturated carbocycles. The van der Waals surface area contributed by atoms with E-state index in [1.807, 2.05) is 18.2 Å². The molecule has 0 unspecified atom stereocenters. The van der Waals surface area contributed by atoms with E-state index < -0.39 is 5.97 Å². The Morgan fingerprint density at radius 3 is 3.05 bits per heavy atom. The highest BCUT2D eigenvalue weighted by Gasteiger charge is 2.24. The first-order valence-corrected chi connectivity index (χ1v) is 6.10. The lowest BCUT2D eigenvalue weighted by molar-refractivity contribution is -0.136. The monoisotopic (exact) mass is 272 g/mol. The molecule has 0 spiro atoms. The molecule has 2 aromatic rings. The minimum atomic E-state index is -0.953. The van der Waals surface area contributed by atoms with Crippen LogP contribution in [-0.4, -0.2) is 29.0 Å². The quantitative estimate of drug-likeness (QED) is 0.915. The Labute approximate surface area is 114 Å². The van der Waals surface area contributed by atoms with Crippen molar-refractivity contribution in [3.63, 3.8) is 0 Å². The molecule has 0 saturated heterocycles. The van der Waals surface area contributed by atoms with Gasteiger partial charge in [-0.2, -0.15) is 0 Å². The molecule has 0 radical (unpaired) electrons. The molecular weight excluding hydrogens is 260 g/mol. The summed E-state index contributed by atoms with van der Waals surface area (Å²) in [5.41, 5.74) is 2.92. The van der Waals surface area contributed by atoms with Crippen LogP contribution in [-0.2, 0) is 22.4 Å². The number of carbonyl (C=O) groups is 2. The van der Waals surface area contributed by atoms with Gasteiger partial charge in [-0.3, -0.25) is 9.59 Å². The molecule has 102 valence electrons. The van der Waals surface area contributed by atoms with Crippen molar-refractivity contribution in [2.24, 2.45) is 0 Å². The van der Waals surface area contributed by atoms with Gasteiger partial charge < -0.3 is 14.4 Å². The van der Waals surface area contributed by atoms with Crippen LogP contribution in [0.1, 0.15) is 11.3 Å². The maximum absolute atomic E-state index is 11.6. The number of rotatable bonds is 3. The van der Waals surface area contributed by atoms with Crippen LogP contribution in [0.2, 0.25) is 0 Å². The topological polar surface area (TPSA) is 83.6 Å². The summed E-state index contributed by atoms with van der Waals surface area (Å²) in [5, 5.41) is 8.71. The minimum Gasteiger partial charge on any atom is -0.481 e. The fourth-order valence-corrected chi connectivity index (χ4v) is 2.28. The van der Waals surface area contributed by atoms with Gasteiger partial charge in [0, 0.05) is 18.3 Å². The maximum Gasteiger partial charge on any atom is 0.309 e. The SMILES string of the molecule is CN1C(=O)Cc2cc(-c3nc(CC(=O)O)co3)ccc21. The van der Waals surface area contributed by atoms with Gasteiger partial charge in [-0.25, -0.2) is 4.98 Å². The predicted molar refractivity (Wildman–Crippen MR) is 70.4 cm³/mol. The van der Waals surface area contributed by atoms with Gasteiger partial charge in [0.15, 0.2) is 0 Å². The van der Waals surface area contributed by atoms with E-state index in [2.05, 4.69) is 4.98 Å². The number of hydrogen-bond acceptors (Lipinski definition) is 4. The molecule has 0 fully saturated rings. The summed E-state index contributed by atoms with van der Waals surface area (Å²) in [7, 11) is 1.74. The van der Waals surface area contributed by atoms with E-state index in [0.29, 0.717) is 18.0 Å². The number of carboxylic acid groups (broad SMARTS) is 1.